The van der Waals surface area contributed by atoms with Crippen molar-refractivity contribution in [1.29, 1.82) is 0 Å². The van der Waals surface area contributed by atoms with Crippen LogP contribution < -0.4 is 10.2 Å². The maximum atomic E-state index is 12.3. The molecule has 0 saturated heterocycles. The Labute approximate surface area is 137 Å². The van der Waals surface area contributed by atoms with Crippen LogP contribution in [0.1, 0.15) is 38.4 Å². The number of hydrogen-bond donors (Lipinski definition) is 1. The van der Waals surface area contributed by atoms with E-state index in [-0.39, 0.29) is 12.5 Å². The minimum absolute atomic E-state index is 0.0588. The summed E-state index contributed by atoms with van der Waals surface area (Å²) in [5, 5.41) is 7.38. The molecule has 1 amide bonds. The van der Waals surface area contributed by atoms with Crippen LogP contribution in [0.25, 0.3) is 0 Å². The highest BCUT2D eigenvalue weighted by Gasteiger charge is 2.15. The number of carbonyl (C=O) groups excluding carboxylic acids is 1. The van der Waals surface area contributed by atoms with Gasteiger partial charge in [-0.15, -0.1) is 0 Å². The molecule has 23 heavy (non-hydrogen) atoms. The lowest BCUT2D eigenvalue weighted by Gasteiger charge is -2.18. The van der Waals surface area contributed by atoms with Crippen LogP contribution in [-0.2, 0) is 4.79 Å². The molecule has 0 atom stereocenters. The Kier molecular flexibility index (Phi) is 5.73. The Morgan fingerprint density at radius 3 is 2.57 bits per heavy atom. The molecule has 124 valence electrons. The Morgan fingerprint density at radius 1 is 1.30 bits per heavy atom. The van der Waals surface area contributed by atoms with E-state index >= 15 is 0 Å². The van der Waals surface area contributed by atoms with Crippen molar-refractivity contribution in [1.82, 2.24) is 14.8 Å². The minimum Gasteiger partial charge on any atom is -0.365 e. The smallest absolute Gasteiger partial charge is 0.243 e. The number of pyridine rings is 1. The number of rotatable bonds is 7. The molecule has 0 aliphatic heterocycles. The predicted octanol–water partition coefficient (Wildman–Crippen LogP) is 3.02. The molecule has 0 bridgehead atoms. The maximum Gasteiger partial charge on any atom is 0.243 e. The van der Waals surface area contributed by atoms with Crippen LogP contribution in [-0.4, -0.2) is 34.3 Å². The fourth-order valence-corrected chi connectivity index (χ4v) is 2.64. The van der Waals surface area contributed by atoms with Gasteiger partial charge in [-0.1, -0.05) is 13.8 Å². The summed E-state index contributed by atoms with van der Waals surface area (Å²) < 4.78 is 2.00. The van der Waals surface area contributed by atoms with Gasteiger partial charge in [0.1, 0.15) is 0 Å². The normalized spacial score (nSPS) is 10.8. The van der Waals surface area contributed by atoms with E-state index in [0.717, 1.165) is 29.9 Å². The minimum atomic E-state index is -0.0588. The molecule has 0 aromatic carbocycles. The van der Waals surface area contributed by atoms with E-state index in [0.29, 0.717) is 6.04 Å². The van der Waals surface area contributed by atoms with Gasteiger partial charge in [-0.3, -0.25) is 14.5 Å². The lowest BCUT2D eigenvalue weighted by molar-refractivity contribution is -0.114. The summed E-state index contributed by atoms with van der Waals surface area (Å²) in [5.41, 5.74) is 2.74. The third-order valence-corrected chi connectivity index (χ3v) is 4.09. The first-order valence-electron chi connectivity index (χ1n) is 8.01. The van der Waals surface area contributed by atoms with Crippen molar-refractivity contribution in [3.63, 3.8) is 0 Å². The summed E-state index contributed by atoms with van der Waals surface area (Å²) in [6.45, 7) is 6.57. The Hall–Kier alpha value is -2.37. The highest BCUT2D eigenvalue weighted by Crippen LogP contribution is 2.22. The Morgan fingerprint density at radius 2 is 1.96 bits per heavy atom. The van der Waals surface area contributed by atoms with Crippen LogP contribution in [0.3, 0.4) is 0 Å². The van der Waals surface area contributed by atoms with Crippen LogP contribution in [0.2, 0.25) is 0 Å². The van der Waals surface area contributed by atoms with Crippen LogP contribution in [0.5, 0.6) is 0 Å². The number of hydrogen-bond acceptors (Lipinski definition) is 4. The third-order valence-electron chi connectivity index (χ3n) is 4.09. The zero-order valence-electron chi connectivity index (χ0n) is 14.3. The standard InChI is InChI=1S/C17H25N5O/c1-5-14(6-2)22-13(3)16(11-19-22)20-17(23)12-21(4)15-7-9-18-10-8-15/h7-11,14H,5-6,12H2,1-4H3,(H,20,23). The van der Waals surface area contributed by atoms with Gasteiger partial charge in [0.2, 0.25) is 5.91 Å². The van der Waals surface area contributed by atoms with Gasteiger partial charge in [0, 0.05) is 25.1 Å². The van der Waals surface area contributed by atoms with Crippen molar-refractivity contribution in [3.8, 4) is 0 Å². The molecule has 0 fully saturated rings. The number of amides is 1. The van der Waals surface area contributed by atoms with E-state index < -0.39 is 0 Å². The van der Waals surface area contributed by atoms with Crippen molar-refractivity contribution in [3.05, 3.63) is 36.4 Å². The average Bonchev–Trinajstić information content (AvgIpc) is 2.91. The molecule has 6 nitrogen and oxygen atoms in total. The van der Waals surface area contributed by atoms with E-state index in [4.69, 9.17) is 0 Å². The molecule has 0 saturated carbocycles. The Balaban J connectivity index is 2.01. The molecule has 0 unspecified atom stereocenters. The second kappa shape index (κ2) is 7.76. The van der Waals surface area contributed by atoms with Crippen LogP contribution >= 0.6 is 0 Å². The first-order chi connectivity index (χ1) is 11.1. The van der Waals surface area contributed by atoms with Gasteiger partial charge in [0.25, 0.3) is 0 Å². The molecule has 6 heteroatoms. The summed E-state index contributed by atoms with van der Waals surface area (Å²) in [6, 6.07) is 4.13. The van der Waals surface area contributed by atoms with Crippen molar-refractivity contribution in [2.45, 2.75) is 39.7 Å². The van der Waals surface area contributed by atoms with Gasteiger partial charge in [-0.05, 0) is 31.9 Å². The molecule has 0 aliphatic rings. The molecule has 2 aromatic heterocycles. The van der Waals surface area contributed by atoms with Crippen molar-refractivity contribution in [2.24, 2.45) is 0 Å². The highest BCUT2D eigenvalue weighted by molar-refractivity contribution is 5.94. The van der Waals surface area contributed by atoms with E-state index in [2.05, 4.69) is 29.2 Å². The topological polar surface area (TPSA) is 63.1 Å². The Bertz CT molecular complexity index is 634. The third kappa shape index (κ3) is 4.09. The van der Waals surface area contributed by atoms with Gasteiger partial charge < -0.3 is 10.2 Å². The number of nitrogens with zero attached hydrogens (tertiary/aromatic N) is 4. The van der Waals surface area contributed by atoms with Gasteiger partial charge >= 0.3 is 0 Å². The number of likely N-dealkylation sites (N-methyl/N-ethyl adjacent to an activating group) is 1. The monoisotopic (exact) mass is 315 g/mol. The molecule has 0 aliphatic carbocycles. The van der Waals surface area contributed by atoms with Gasteiger partial charge in [-0.25, -0.2) is 0 Å². The van der Waals surface area contributed by atoms with Crippen molar-refractivity contribution < 1.29 is 4.79 Å². The zero-order chi connectivity index (χ0) is 16.8. The summed E-state index contributed by atoms with van der Waals surface area (Å²) in [7, 11) is 1.88. The first-order valence-corrected chi connectivity index (χ1v) is 8.01. The largest absolute Gasteiger partial charge is 0.365 e. The zero-order valence-corrected chi connectivity index (χ0v) is 14.3. The number of nitrogens with one attached hydrogen (secondary N) is 1. The van der Waals surface area contributed by atoms with Crippen LogP contribution in [0.4, 0.5) is 11.4 Å². The van der Waals surface area contributed by atoms with Crippen LogP contribution in [0, 0.1) is 6.92 Å². The fraction of sp³-hybridized carbons (Fsp3) is 0.471. The molecule has 0 radical (unpaired) electrons. The van der Waals surface area contributed by atoms with Gasteiger partial charge in [0.05, 0.1) is 30.2 Å². The quantitative estimate of drug-likeness (QED) is 0.853. The molecule has 2 aromatic rings. The molecule has 2 heterocycles. The molecular formula is C17H25N5O. The van der Waals surface area contributed by atoms with E-state index in [1.807, 2.05) is 35.7 Å². The lowest BCUT2D eigenvalue weighted by atomic mass is 10.2. The number of aromatic nitrogens is 3. The highest BCUT2D eigenvalue weighted by atomic mass is 16.2. The summed E-state index contributed by atoms with van der Waals surface area (Å²) in [6.07, 6.45) is 7.22. The second-order valence-corrected chi connectivity index (χ2v) is 5.67. The van der Waals surface area contributed by atoms with E-state index in [9.17, 15) is 4.79 Å². The summed E-state index contributed by atoms with van der Waals surface area (Å²) in [4.78, 5) is 18.1. The lowest BCUT2D eigenvalue weighted by Crippen LogP contribution is -2.30. The number of anilines is 2. The maximum absolute atomic E-state index is 12.3. The fourth-order valence-electron chi connectivity index (χ4n) is 2.64. The first kappa shape index (κ1) is 17.0. The molecule has 0 spiro atoms. The molecule has 1 N–H and O–H groups in total. The summed E-state index contributed by atoms with van der Waals surface area (Å²) in [5.74, 6) is -0.0588. The SMILES string of the molecule is CCC(CC)n1ncc(NC(=O)CN(C)c2ccncc2)c1C. The van der Waals surface area contributed by atoms with Crippen molar-refractivity contribution >= 4 is 17.3 Å². The van der Waals surface area contributed by atoms with E-state index in [1.165, 1.54) is 0 Å². The van der Waals surface area contributed by atoms with Crippen molar-refractivity contribution in [2.75, 3.05) is 23.8 Å². The molecular weight excluding hydrogens is 290 g/mol. The van der Waals surface area contributed by atoms with Crippen LogP contribution in [0.15, 0.2) is 30.7 Å². The van der Waals surface area contributed by atoms with Gasteiger partial charge in [0.15, 0.2) is 0 Å². The second-order valence-electron chi connectivity index (χ2n) is 5.67. The molecule has 2 rings (SSSR count). The van der Waals surface area contributed by atoms with Gasteiger partial charge in [-0.2, -0.15) is 5.10 Å². The summed E-state index contributed by atoms with van der Waals surface area (Å²) >= 11 is 0. The number of carbonyl (C=O) groups is 1. The predicted molar refractivity (Wildman–Crippen MR) is 92.7 cm³/mol. The van der Waals surface area contributed by atoms with E-state index in [1.54, 1.807) is 18.6 Å². The average molecular weight is 315 g/mol.